The number of aryl methyl sites for hydroxylation is 1. The normalized spacial score (nSPS) is 8.67. The molecule has 0 saturated carbocycles. The molecule has 0 amide bonds. The molecule has 1 heterocycles. The monoisotopic (exact) mass is 166 g/mol. The zero-order valence-electron chi connectivity index (χ0n) is 5.02. The maximum Gasteiger partial charge on any atom is 0.121 e. The van der Waals surface area contributed by atoms with Gasteiger partial charge < -0.3 is 4.98 Å². The van der Waals surface area contributed by atoms with Gasteiger partial charge in [-0.1, -0.05) is 0 Å². The minimum Gasteiger partial charge on any atom is -0.345 e. The number of aromatic nitrogens is 2. The van der Waals surface area contributed by atoms with Crippen molar-refractivity contribution in [3.05, 3.63) is 17.7 Å². The summed E-state index contributed by atoms with van der Waals surface area (Å²) in [6.45, 7) is 1.95. The fourth-order valence-corrected chi connectivity index (χ4v) is 0.671. The molecule has 0 radical (unpaired) electrons. The van der Waals surface area contributed by atoms with Crippen molar-refractivity contribution in [2.24, 2.45) is 0 Å². The van der Waals surface area contributed by atoms with Crippen LogP contribution in [0.1, 0.15) is 11.5 Å². The largest absolute Gasteiger partial charge is 0.345 e. The number of alkyl halides is 1. The molecular weight excluding hydrogens is 159 g/mol. The van der Waals surface area contributed by atoms with Crippen molar-refractivity contribution < 1.29 is 0 Å². The topological polar surface area (TPSA) is 28.7 Å². The van der Waals surface area contributed by atoms with Crippen LogP contribution in [0.4, 0.5) is 0 Å². The molecule has 0 aliphatic heterocycles. The average molecular weight is 167 g/mol. The third-order valence-corrected chi connectivity index (χ3v) is 1.14. The average Bonchev–Trinajstić information content (AvgIpc) is 2.14. The van der Waals surface area contributed by atoms with Gasteiger partial charge in [-0.2, -0.15) is 0 Å². The van der Waals surface area contributed by atoms with Gasteiger partial charge in [0.2, 0.25) is 0 Å². The predicted octanol–water partition coefficient (Wildman–Crippen LogP) is 1.88. The van der Waals surface area contributed by atoms with Gasteiger partial charge in [0, 0.05) is 11.9 Å². The molecule has 1 aromatic rings. The van der Waals surface area contributed by atoms with Crippen LogP contribution in [-0.2, 0) is 5.88 Å². The highest BCUT2D eigenvalue weighted by Gasteiger charge is 1.90. The molecule has 0 atom stereocenters. The first-order valence-corrected chi connectivity index (χ1v) is 2.93. The van der Waals surface area contributed by atoms with Gasteiger partial charge in [0.1, 0.15) is 5.82 Å². The zero-order valence-corrected chi connectivity index (χ0v) is 6.59. The second-order valence-electron chi connectivity index (χ2n) is 1.65. The van der Waals surface area contributed by atoms with Crippen molar-refractivity contribution in [1.82, 2.24) is 9.97 Å². The third-order valence-electron chi connectivity index (χ3n) is 0.882. The van der Waals surface area contributed by atoms with E-state index < -0.39 is 0 Å². The Labute approximate surface area is 65.0 Å². The summed E-state index contributed by atoms with van der Waals surface area (Å²) in [5.41, 5.74) is 1.06. The van der Waals surface area contributed by atoms with Crippen molar-refractivity contribution in [1.29, 1.82) is 0 Å². The van der Waals surface area contributed by atoms with Crippen LogP contribution >= 0.6 is 24.0 Å². The van der Waals surface area contributed by atoms with Crippen molar-refractivity contribution in [3.63, 3.8) is 0 Å². The smallest absolute Gasteiger partial charge is 0.121 e. The van der Waals surface area contributed by atoms with E-state index in [0.29, 0.717) is 5.88 Å². The highest BCUT2D eigenvalue weighted by Crippen LogP contribution is 1.96. The number of H-pyrrole nitrogens is 1. The lowest BCUT2D eigenvalue weighted by Gasteiger charge is -1.80. The molecule has 0 aromatic carbocycles. The number of nitrogens with zero attached hydrogens (tertiary/aromatic N) is 1. The molecule has 4 heteroatoms. The Balaban J connectivity index is 0.000000640. The summed E-state index contributed by atoms with van der Waals surface area (Å²) in [4.78, 5) is 6.93. The lowest BCUT2D eigenvalue weighted by Crippen LogP contribution is -1.77. The van der Waals surface area contributed by atoms with E-state index in [1.54, 1.807) is 6.20 Å². The van der Waals surface area contributed by atoms with E-state index in [-0.39, 0.29) is 12.4 Å². The molecule has 0 fully saturated rings. The maximum absolute atomic E-state index is 5.45. The number of nitrogens with one attached hydrogen (secondary N) is 1. The lowest BCUT2D eigenvalue weighted by atomic mass is 10.6. The molecule has 9 heavy (non-hydrogen) atoms. The minimum atomic E-state index is 0. The molecule has 0 aliphatic carbocycles. The Bertz CT molecular complexity index is 173. The van der Waals surface area contributed by atoms with Gasteiger partial charge in [-0.15, -0.1) is 24.0 Å². The van der Waals surface area contributed by atoms with Crippen LogP contribution in [0.25, 0.3) is 0 Å². The quantitative estimate of drug-likeness (QED) is 0.635. The second kappa shape index (κ2) is 3.75. The van der Waals surface area contributed by atoms with Crippen LogP contribution in [0.15, 0.2) is 6.20 Å². The van der Waals surface area contributed by atoms with Crippen LogP contribution in [0, 0.1) is 6.92 Å². The Morgan fingerprint density at radius 1 is 1.78 bits per heavy atom. The molecule has 2 nitrogen and oxygen atoms in total. The third kappa shape index (κ3) is 2.24. The van der Waals surface area contributed by atoms with E-state index in [0.717, 1.165) is 11.5 Å². The summed E-state index contributed by atoms with van der Waals surface area (Å²) in [5.74, 6) is 1.30. The van der Waals surface area contributed by atoms with Gasteiger partial charge in [-0.25, -0.2) is 4.98 Å². The van der Waals surface area contributed by atoms with Gasteiger partial charge in [-0.05, 0) is 6.92 Å². The molecule has 0 unspecified atom stereocenters. The molecular formula is C5H8Cl2N2. The number of imidazole rings is 1. The Kier molecular flexibility index (Phi) is 3.66. The van der Waals surface area contributed by atoms with Crippen molar-refractivity contribution >= 4 is 24.0 Å². The Hall–Kier alpha value is -0.210. The molecule has 52 valence electrons. The summed E-state index contributed by atoms with van der Waals surface area (Å²) in [6, 6.07) is 0. The summed E-state index contributed by atoms with van der Waals surface area (Å²) < 4.78 is 0. The maximum atomic E-state index is 5.45. The fraction of sp³-hybridized carbons (Fsp3) is 0.400. The molecule has 1 N–H and O–H groups in total. The van der Waals surface area contributed by atoms with Crippen LogP contribution < -0.4 is 0 Å². The van der Waals surface area contributed by atoms with Gasteiger partial charge in [0.05, 0.1) is 5.88 Å². The van der Waals surface area contributed by atoms with Crippen LogP contribution in [0.3, 0.4) is 0 Å². The number of aromatic amines is 1. The SMILES string of the molecule is Cc1cnc(CCl)[nH]1.Cl. The molecule has 0 aliphatic rings. The van der Waals surface area contributed by atoms with E-state index in [1.165, 1.54) is 0 Å². The summed E-state index contributed by atoms with van der Waals surface area (Å²) in [6.07, 6.45) is 1.76. The van der Waals surface area contributed by atoms with Crippen molar-refractivity contribution in [2.75, 3.05) is 0 Å². The van der Waals surface area contributed by atoms with Crippen LogP contribution in [-0.4, -0.2) is 9.97 Å². The van der Waals surface area contributed by atoms with Gasteiger partial charge >= 0.3 is 0 Å². The predicted molar refractivity (Wildman–Crippen MR) is 40.1 cm³/mol. The Morgan fingerprint density at radius 2 is 2.44 bits per heavy atom. The Morgan fingerprint density at radius 3 is 2.67 bits per heavy atom. The van der Waals surface area contributed by atoms with E-state index >= 15 is 0 Å². The van der Waals surface area contributed by atoms with Gasteiger partial charge in [0.25, 0.3) is 0 Å². The fourth-order valence-electron chi connectivity index (χ4n) is 0.535. The van der Waals surface area contributed by atoms with Crippen LogP contribution in [0.5, 0.6) is 0 Å². The van der Waals surface area contributed by atoms with Crippen molar-refractivity contribution in [3.8, 4) is 0 Å². The molecule has 1 aromatic heterocycles. The van der Waals surface area contributed by atoms with Gasteiger partial charge in [0.15, 0.2) is 0 Å². The highest BCUT2D eigenvalue weighted by molar-refractivity contribution is 6.16. The highest BCUT2D eigenvalue weighted by atomic mass is 35.5. The van der Waals surface area contributed by atoms with Crippen LogP contribution in [0.2, 0.25) is 0 Å². The first kappa shape index (κ1) is 8.79. The molecule has 0 saturated heterocycles. The molecule has 0 bridgehead atoms. The summed E-state index contributed by atoms with van der Waals surface area (Å²) >= 11 is 5.45. The first-order valence-electron chi connectivity index (χ1n) is 2.39. The number of hydrogen-bond acceptors (Lipinski definition) is 1. The number of halogens is 2. The first-order chi connectivity index (χ1) is 3.83. The van der Waals surface area contributed by atoms with E-state index in [9.17, 15) is 0 Å². The standard InChI is InChI=1S/C5H7ClN2.ClH/c1-4-3-7-5(2-6)8-4;/h3H,2H2,1H3,(H,7,8);1H. The second-order valence-corrected chi connectivity index (χ2v) is 1.91. The number of rotatable bonds is 1. The molecule has 1 rings (SSSR count). The van der Waals surface area contributed by atoms with Gasteiger partial charge in [-0.3, -0.25) is 0 Å². The molecule has 0 spiro atoms. The summed E-state index contributed by atoms with van der Waals surface area (Å²) in [7, 11) is 0. The number of hydrogen-bond donors (Lipinski definition) is 1. The van der Waals surface area contributed by atoms with Crippen molar-refractivity contribution in [2.45, 2.75) is 12.8 Å². The minimum absolute atomic E-state index is 0. The zero-order chi connectivity index (χ0) is 5.98. The summed E-state index contributed by atoms with van der Waals surface area (Å²) in [5, 5.41) is 0. The van der Waals surface area contributed by atoms with E-state index in [2.05, 4.69) is 9.97 Å². The van der Waals surface area contributed by atoms with E-state index in [1.807, 2.05) is 6.92 Å². The van der Waals surface area contributed by atoms with E-state index in [4.69, 9.17) is 11.6 Å². The lowest BCUT2D eigenvalue weighted by molar-refractivity contribution is 1.10.